The van der Waals surface area contributed by atoms with Gasteiger partial charge in [-0.25, -0.2) is 4.39 Å². The molecule has 3 aromatic rings. The van der Waals surface area contributed by atoms with Gasteiger partial charge in [0.15, 0.2) is 11.5 Å². The van der Waals surface area contributed by atoms with Gasteiger partial charge in [-0.1, -0.05) is 12.1 Å². The third-order valence-electron chi connectivity index (χ3n) is 6.57. The fourth-order valence-electron chi connectivity index (χ4n) is 5.14. The van der Waals surface area contributed by atoms with Gasteiger partial charge in [-0.3, -0.25) is 0 Å². The minimum atomic E-state index is -0.987. The molecule has 33 heavy (non-hydrogen) atoms. The second-order valence-corrected chi connectivity index (χ2v) is 10.1. The van der Waals surface area contributed by atoms with E-state index in [1.807, 2.05) is 18.2 Å². The van der Waals surface area contributed by atoms with E-state index in [1.54, 1.807) is 42.6 Å². The number of fused-ring (bicyclic) bond motifs is 5. The van der Waals surface area contributed by atoms with Crippen LogP contribution in [0.1, 0.15) is 22.6 Å². The van der Waals surface area contributed by atoms with E-state index in [-0.39, 0.29) is 11.7 Å². The predicted octanol–water partition coefficient (Wildman–Crippen LogP) is 5.76. The van der Waals surface area contributed by atoms with Gasteiger partial charge in [0.25, 0.3) is 0 Å². The average Bonchev–Trinajstić information content (AvgIpc) is 3.13. The van der Waals surface area contributed by atoms with Crippen molar-refractivity contribution in [2.75, 3.05) is 32.2 Å². The quantitative estimate of drug-likeness (QED) is 0.307. The highest BCUT2D eigenvalue weighted by Gasteiger charge is 2.51. The summed E-state index contributed by atoms with van der Waals surface area (Å²) in [6.45, 7) is 0.469. The van der Waals surface area contributed by atoms with Gasteiger partial charge in [0.05, 0.1) is 39.2 Å². The van der Waals surface area contributed by atoms with Crippen molar-refractivity contribution in [2.45, 2.75) is 17.9 Å². The number of methoxy groups -OCH3 is 3. The van der Waals surface area contributed by atoms with Crippen LogP contribution in [0.4, 0.5) is 10.1 Å². The highest BCUT2D eigenvalue weighted by atomic mass is 127. The van der Waals surface area contributed by atoms with Crippen LogP contribution >= 0.6 is 30.3 Å². The Kier molecular flexibility index (Phi) is 5.86. The molecule has 1 aliphatic heterocycles. The van der Waals surface area contributed by atoms with Gasteiger partial charge in [0.2, 0.25) is 0 Å². The highest BCUT2D eigenvalue weighted by Crippen LogP contribution is 2.56. The van der Waals surface area contributed by atoms with Gasteiger partial charge >= 0.3 is 0 Å². The zero-order chi connectivity index (χ0) is 23.3. The summed E-state index contributed by atoms with van der Waals surface area (Å²) in [4.78, 5) is 0. The first kappa shape index (κ1) is 22.6. The Morgan fingerprint density at radius 1 is 0.970 bits per heavy atom. The highest BCUT2D eigenvalue weighted by molar-refractivity contribution is 14.2. The monoisotopic (exact) mass is 579 g/mol. The van der Waals surface area contributed by atoms with Gasteiger partial charge in [-0.05, 0) is 52.6 Å². The maximum absolute atomic E-state index is 13.6. The lowest BCUT2D eigenvalue weighted by atomic mass is 9.77. The van der Waals surface area contributed by atoms with Crippen LogP contribution in [0, 0.1) is 5.82 Å². The molecule has 0 aromatic heterocycles. The number of hydrogen-bond donors (Lipinski definition) is 1. The Hall–Kier alpha value is -2.17. The summed E-state index contributed by atoms with van der Waals surface area (Å²) >= 11 is 2.24. The standard InChI is InChI=1S/C25H23FINO4S/c1-30-21-11-20-19(9-17(21)14-4-6-16(26)7-5-14)24-18-10-23(32-3)22(31-2)8-15(18)12-25(24,29)13-28(20)33-27/h4-11,24,29H,12-13H2,1-3H3. The first-order valence-electron chi connectivity index (χ1n) is 10.4. The van der Waals surface area contributed by atoms with Crippen LogP contribution in [-0.2, 0) is 6.42 Å². The van der Waals surface area contributed by atoms with Crippen LogP contribution in [0.15, 0.2) is 48.5 Å². The summed E-state index contributed by atoms with van der Waals surface area (Å²) in [5, 5.41) is 11.9. The van der Waals surface area contributed by atoms with Crippen molar-refractivity contribution in [3.8, 4) is 28.4 Å². The fraction of sp³-hybridized carbons (Fsp3) is 0.280. The number of ether oxygens (including phenoxy) is 3. The van der Waals surface area contributed by atoms with Crippen LogP contribution in [0.3, 0.4) is 0 Å². The molecule has 0 saturated heterocycles. The molecule has 1 aliphatic carbocycles. The van der Waals surface area contributed by atoms with E-state index in [9.17, 15) is 9.50 Å². The second kappa shape index (κ2) is 8.56. The van der Waals surface area contributed by atoms with Crippen molar-refractivity contribution in [1.29, 1.82) is 0 Å². The molecule has 0 saturated carbocycles. The number of anilines is 1. The van der Waals surface area contributed by atoms with Crippen LogP contribution in [0.2, 0.25) is 0 Å². The van der Waals surface area contributed by atoms with Crippen molar-refractivity contribution < 1.29 is 23.7 Å². The molecule has 5 rings (SSSR count). The van der Waals surface area contributed by atoms with Crippen molar-refractivity contribution in [3.63, 3.8) is 0 Å². The predicted molar refractivity (Wildman–Crippen MR) is 137 cm³/mol. The largest absolute Gasteiger partial charge is 0.496 e. The van der Waals surface area contributed by atoms with E-state index in [1.165, 1.54) is 12.1 Å². The van der Waals surface area contributed by atoms with E-state index in [4.69, 9.17) is 14.2 Å². The lowest BCUT2D eigenvalue weighted by Crippen LogP contribution is -2.48. The SMILES string of the molecule is COc1cc2c(cc1OC)C1c3cc(-c4ccc(F)cc4)c(OC)cc3N(SI)CC1(O)C2. The Morgan fingerprint density at radius 3 is 2.27 bits per heavy atom. The topological polar surface area (TPSA) is 51.2 Å². The number of halogens is 2. The Bertz CT molecular complexity index is 1220. The molecule has 2 unspecified atom stereocenters. The number of aliphatic hydroxyl groups is 1. The van der Waals surface area contributed by atoms with Crippen molar-refractivity contribution in [3.05, 3.63) is 71.0 Å². The Morgan fingerprint density at radius 2 is 1.64 bits per heavy atom. The number of β-amino-alcohol motifs (C(OH)–C–C–N with tert-alkyl or cyclic N) is 1. The van der Waals surface area contributed by atoms with Gasteiger partial charge < -0.3 is 23.6 Å². The average molecular weight is 579 g/mol. The summed E-state index contributed by atoms with van der Waals surface area (Å²) in [6, 6.07) is 14.4. The zero-order valence-electron chi connectivity index (χ0n) is 18.4. The normalized spacial score (nSPS) is 20.7. The van der Waals surface area contributed by atoms with Gasteiger partial charge in [0, 0.05) is 54.3 Å². The molecule has 1 heterocycles. The molecule has 0 amide bonds. The lowest BCUT2D eigenvalue weighted by Gasteiger charge is -2.42. The number of hydrogen-bond acceptors (Lipinski definition) is 6. The minimum absolute atomic E-state index is 0.243. The van der Waals surface area contributed by atoms with Gasteiger partial charge in [-0.15, -0.1) is 0 Å². The Labute approximate surface area is 208 Å². The van der Waals surface area contributed by atoms with Crippen molar-refractivity contribution >= 4 is 36.0 Å². The molecule has 0 bridgehead atoms. The third-order valence-corrected chi connectivity index (χ3v) is 8.49. The van der Waals surface area contributed by atoms with Crippen LogP contribution in [-0.4, -0.2) is 38.6 Å². The van der Waals surface area contributed by atoms with E-state index < -0.39 is 5.60 Å². The summed E-state index contributed by atoms with van der Waals surface area (Å²) in [5.41, 5.74) is 4.79. The van der Waals surface area contributed by atoms with E-state index in [0.717, 1.165) is 33.5 Å². The molecule has 2 aliphatic rings. The number of benzene rings is 3. The van der Waals surface area contributed by atoms with E-state index >= 15 is 0 Å². The van der Waals surface area contributed by atoms with E-state index in [2.05, 4.69) is 31.6 Å². The summed E-state index contributed by atoms with van der Waals surface area (Å²) in [6.07, 6.45) is 0.512. The molecule has 172 valence electrons. The fourth-order valence-corrected chi connectivity index (χ4v) is 6.70. The van der Waals surface area contributed by atoms with Crippen molar-refractivity contribution in [1.82, 2.24) is 0 Å². The smallest absolute Gasteiger partial charge is 0.161 e. The van der Waals surface area contributed by atoms with Crippen LogP contribution < -0.4 is 18.5 Å². The summed E-state index contributed by atoms with van der Waals surface area (Å²) in [7, 11) is 6.41. The number of rotatable bonds is 5. The second-order valence-electron chi connectivity index (χ2n) is 8.34. The van der Waals surface area contributed by atoms with Gasteiger partial charge in [0.1, 0.15) is 11.6 Å². The first-order valence-corrected chi connectivity index (χ1v) is 13.8. The maximum atomic E-state index is 13.6. The molecule has 1 N–H and O–H groups in total. The molecule has 3 aromatic carbocycles. The number of nitrogens with zero attached hydrogens (tertiary/aromatic N) is 1. The lowest BCUT2D eigenvalue weighted by molar-refractivity contribution is 0.0421. The van der Waals surface area contributed by atoms with Crippen molar-refractivity contribution in [2.24, 2.45) is 0 Å². The minimum Gasteiger partial charge on any atom is -0.496 e. The molecular formula is C25H23FINO4S. The van der Waals surface area contributed by atoms with Crippen LogP contribution in [0.25, 0.3) is 11.1 Å². The maximum Gasteiger partial charge on any atom is 0.161 e. The summed E-state index contributed by atoms with van der Waals surface area (Å²) < 4.78 is 32.5. The molecular weight excluding hydrogens is 556 g/mol. The molecule has 8 heteroatoms. The first-order chi connectivity index (χ1) is 15.9. The molecule has 2 atom stereocenters. The van der Waals surface area contributed by atoms with E-state index in [0.29, 0.717) is 30.2 Å². The summed E-state index contributed by atoms with van der Waals surface area (Å²) in [5.74, 6) is 1.46. The molecule has 0 radical (unpaired) electrons. The van der Waals surface area contributed by atoms with Gasteiger partial charge in [-0.2, -0.15) is 0 Å². The van der Waals surface area contributed by atoms with Crippen LogP contribution in [0.5, 0.6) is 17.2 Å². The molecule has 5 nitrogen and oxygen atoms in total. The third kappa shape index (κ3) is 3.63. The molecule has 0 fully saturated rings. The zero-order valence-corrected chi connectivity index (χ0v) is 21.4. The molecule has 0 spiro atoms. The Balaban J connectivity index is 1.75.